The van der Waals surface area contributed by atoms with Crippen LogP contribution in [0.15, 0.2) is 36.5 Å². The number of hydrogen-bond acceptors (Lipinski definition) is 2. The van der Waals surface area contributed by atoms with Crippen molar-refractivity contribution in [2.24, 2.45) is 7.05 Å². The van der Waals surface area contributed by atoms with Crippen LogP contribution < -0.4 is 5.32 Å². The number of carbonyl (C=O) groups is 2. The van der Waals surface area contributed by atoms with E-state index < -0.39 is 11.7 Å². The normalized spacial score (nSPS) is 22.7. The van der Waals surface area contributed by atoms with Gasteiger partial charge in [-0.25, -0.2) is 4.39 Å². The largest absolute Gasteiger partial charge is 0.353 e. The van der Waals surface area contributed by atoms with Crippen LogP contribution in [0.3, 0.4) is 0 Å². The van der Waals surface area contributed by atoms with Crippen molar-refractivity contribution in [2.45, 2.75) is 44.1 Å². The van der Waals surface area contributed by atoms with Crippen LogP contribution in [0, 0.1) is 5.82 Å². The van der Waals surface area contributed by atoms with Crippen molar-refractivity contribution in [2.75, 3.05) is 11.9 Å². The molecule has 1 aromatic carbocycles. The molecule has 0 spiro atoms. The van der Waals surface area contributed by atoms with Gasteiger partial charge in [0.1, 0.15) is 5.82 Å². The molecule has 0 bridgehead atoms. The number of benzene rings is 1. The van der Waals surface area contributed by atoms with Crippen molar-refractivity contribution in [1.29, 1.82) is 0 Å². The van der Waals surface area contributed by atoms with Gasteiger partial charge in [-0.15, -0.1) is 0 Å². The summed E-state index contributed by atoms with van der Waals surface area (Å²) in [4.78, 5) is 27.7. The Kier molecular flexibility index (Phi) is 4.72. The molecule has 2 unspecified atom stereocenters. The van der Waals surface area contributed by atoms with Crippen molar-refractivity contribution in [3.05, 3.63) is 53.6 Å². The lowest BCUT2D eigenvalue weighted by atomic mass is 9.88. The molecule has 1 fully saturated rings. The number of halogens is 1. The summed E-state index contributed by atoms with van der Waals surface area (Å²) >= 11 is 0. The van der Waals surface area contributed by atoms with Crippen LogP contribution >= 0.6 is 0 Å². The van der Waals surface area contributed by atoms with E-state index in [1.807, 2.05) is 24.2 Å². The van der Waals surface area contributed by atoms with Gasteiger partial charge in [-0.1, -0.05) is 18.9 Å². The Bertz CT molecular complexity index is 876. The fraction of sp³-hybridized carbons (Fsp3) is 0.429. The second-order valence-corrected chi connectivity index (χ2v) is 7.48. The second kappa shape index (κ2) is 7.18. The van der Waals surface area contributed by atoms with E-state index in [1.165, 1.54) is 12.1 Å². The Morgan fingerprint density at radius 1 is 1.22 bits per heavy atom. The molecule has 0 radical (unpaired) electrons. The van der Waals surface area contributed by atoms with Gasteiger partial charge in [-0.3, -0.25) is 9.59 Å². The Balaban J connectivity index is 1.70. The fourth-order valence-corrected chi connectivity index (χ4v) is 4.36. The Labute approximate surface area is 158 Å². The molecule has 2 aliphatic heterocycles. The monoisotopic (exact) mass is 369 g/mol. The zero-order chi connectivity index (χ0) is 19.0. The van der Waals surface area contributed by atoms with Crippen LogP contribution in [0.2, 0.25) is 0 Å². The number of hydrogen-bond donors (Lipinski definition) is 1. The van der Waals surface area contributed by atoms with Gasteiger partial charge in [0.15, 0.2) is 0 Å². The van der Waals surface area contributed by atoms with Gasteiger partial charge in [0, 0.05) is 37.6 Å². The zero-order valence-electron chi connectivity index (χ0n) is 15.5. The minimum atomic E-state index is -0.560. The van der Waals surface area contributed by atoms with E-state index in [2.05, 4.69) is 16.0 Å². The quantitative estimate of drug-likeness (QED) is 0.877. The summed E-state index contributed by atoms with van der Waals surface area (Å²) < 4.78 is 15.7. The summed E-state index contributed by atoms with van der Waals surface area (Å²) in [6.07, 6.45) is 6.15. The summed E-state index contributed by atoms with van der Waals surface area (Å²) in [7, 11) is 2.00. The maximum Gasteiger partial charge on any atom is 0.231 e. The van der Waals surface area contributed by atoms with E-state index in [-0.39, 0.29) is 24.3 Å². The number of nitrogens with zero attached hydrogens (tertiary/aromatic N) is 2. The van der Waals surface area contributed by atoms with Gasteiger partial charge in [-0.2, -0.15) is 0 Å². The third-order valence-corrected chi connectivity index (χ3v) is 5.71. The molecule has 2 aliphatic rings. The first-order chi connectivity index (χ1) is 13.0. The maximum absolute atomic E-state index is 13.6. The van der Waals surface area contributed by atoms with Crippen molar-refractivity contribution in [3.63, 3.8) is 0 Å². The van der Waals surface area contributed by atoms with E-state index in [0.29, 0.717) is 17.8 Å². The predicted octanol–water partition coefficient (Wildman–Crippen LogP) is 3.73. The second-order valence-electron chi connectivity index (χ2n) is 7.48. The Hall–Kier alpha value is -2.63. The van der Waals surface area contributed by atoms with Crippen LogP contribution in [-0.2, 0) is 16.6 Å². The zero-order valence-corrected chi connectivity index (χ0v) is 15.5. The molecular weight excluding hydrogens is 345 g/mol. The standard InChI is InChI=1S/C21H24FN3O2/c1-24-10-5-7-18(24)19-6-3-2-4-11-25(19)21(27)16-13-20(26)23-17-12-14(22)8-9-15(16)17/h5,7-10,12,16,19H,2-4,6,11,13H2,1H3,(H,23,26). The molecule has 2 amide bonds. The molecule has 1 saturated heterocycles. The van der Waals surface area contributed by atoms with Gasteiger partial charge in [-0.05, 0) is 42.7 Å². The number of likely N-dealkylation sites (tertiary alicyclic amines) is 1. The van der Waals surface area contributed by atoms with E-state index in [0.717, 1.165) is 31.4 Å². The highest BCUT2D eigenvalue weighted by molar-refractivity contribution is 6.01. The van der Waals surface area contributed by atoms with Gasteiger partial charge in [0.2, 0.25) is 11.8 Å². The molecule has 2 aromatic rings. The number of rotatable bonds is 2. The molecule has 5 nitrogen and oxygen atoms in total. The highest BCUT2D eigenvalue weighted by Crippen LogP contribution is 2.38. The molecule has 1 N–H and O–H groups in total. The SMILES string of the molecule is Cn1cccc1C1CCCCCN1C(=O)C1CC(=O)Nc2cc(F)ccc21. The van der Waals surface area contributed by atoms with Crippen LogP contribution in [0.4, 0.5) is 10.1 Å². The molecule has 6 heteroatoms. The minimum Gasteiger partial charge on any atom is -0.353 e. The molecule has 3 heterocycles. The van der Waals surface area contributed by atoms with E-state index in [1.54, 1.807) is 6.07 Å². The van der Waals surface area contributed by atoms with E-state index in [9.17, 15) is 14.0 Å². The Morgan fingerprint density at radius 3 is 2.85 bits per heavy atom. The van der Waals surface area contributed by atoms with Gasteiger partial charge in [0.05, 0.1) is 12.0 Å². The summed E-state index contributed by atoms with van der Waals surface area (Å²) in [6, 6.07) is 8.34. The number of amides is 2. The number of fused-ring (bicyclic) bond motifs is 1. The number of nitrogens with one attached hydrogen (secondary N) is 1. The summed E-state index contributed by atoms with van der Waals surface area (Å²) in [5, 5.41) is 2.69. The first-order valence-corrected chi connectivity index (χ1v) is 9.55. The topological polar surface area (TPSA) is 54.3 Å². The molecule has 142 valence electrons. The van der Waals surface area contributed by atoms with Gasteiger partial charge in [0.25, 0.3) is 0 Å². The average molecular weight is 369 g/mol. The third kappa shape index (κ3) is 3.36. The molecule has 27 heavy (non-hydrogen) atoms. The lowest BCUT2D eigenvalue weighted by Crippen LogP contribution is -2.41. The van der Waals surface area contributed by atoms with Crippen LogP contribution in [0.1, 0.15) is 55.3 Å². The summed E-state index contributed by atoms with van der Waals surface area (Å²) in [5.41, 5.74) is 2.23. The smallest absolute Gasteiger partial charge is 0.231 e. The minimum absolute atomic E-state index is 0.00823. The van der Waals surface area contributed by atoms with Gasteiger partial charge < -0.3 is 14.8 Å². The molecule has 1 aromatic heterocycles. The van der Waals surface area contributed by atoms with Crippen molar-refractivity contribution < 1.29 is 14.0 Å². The molecule has 0 saturated carbocycles. The first-order valence-electron chi connectivity index (χ1n) is 9.55. The van der Waals surface area contributed by atoms with Crippen LogP contribution in [0.25, 0.3) is 0 Å². The Morgan fingerprint density at radius 2 is 2.07 bits per heavy atom. The van der Waals surface area contributed by atoms with E-state index >= 15 is 0 Å². The van der Waals surface area contributed by atoms with Gasteiger partial charge >= 0.3 is 0 Å². The third-order valence-electron chi connectivity index (χ3n) is 5.71. The highest BCUT2D eigenvalue weighted by atomic mass is 19.1. The summed E-state index contributed by atoms with van der Waals surface area (Å²) in [5.74, 6) is -1.25. The number of aryl methyl sites for hydroxylation is 1. The predicted molar refractivity (Wildman–Crippen MR) is 101 cm³/mol. The number of aromatic nitrogens is 1. The van der Waals surface area contributed by atoms with Crippen molar-refractivity contribution >= 4 is 17.5 Å². The number of carbonyl (C=O) groups excluding carboxylic acids is 2. The summed E-state index contributed by atoms with van der Waals surface area (Å²) in [6.45, 7) is 0.684. The highest BCUT2D eigenvalue weighted by Gasteiger charge is 2.37. The fourth-order valence-electron chi connectivity index (χ4n) is 4.36. The molecular formula is C21H24FN3O2. The average Bonchev–Trinajstić information content (AvgIpc) is 2.92. The number of anilines is 1. The molecule has 4 rings (SSSR count). The van der Waals surface area contributed by atoms with Crippen molar-refractivity contribution in [3.8, 4) is 0 Å². The molecule has 0 aliphatic carbocycles. The van der Waals surface area contributed by atoms with Crippen LogP contribution in [-0.4, -0.2) is 27.8 Å². The maximum atomic E-state index is 13.6. The lowest BCUT2D eigenvalue weighted by Gasteiger charge is -2.35. The lowest BCUT2D eigenvalue weighted by molar-refractivity contribution is -0.137. The van der Waals surface area contributed by atoms with Crippen molar-refractivity contribution in [1.82, 2.24) is 9.47 Å². The van der Waals surface area contributed by atoms with Crippen LogP contribution in [0.5, 0.6) is 0 Å². The van der Waals surface area contributed by atoms with E-state index in [4.69, 9.17) is 0 Å². The molecule has 2 atom stereocenters. The first kappa shape index (κ1) is 17.8.